The molecule has 0 saturated carbocycles. The normalized spacial score (nSPS) is 17.0. The molecule has 0 radical (unpaired) electrons. The van der Waals surface area contributed by atoms with E-state index in [1.807, 2.05) is 41.3 Å². The van der Waals surface area contributed by atoms with Crippen LogP contribution < -0.4 is 0 Å². The largest absolute Gasteiger partial charge is 0.335 e. The molecule has 126 valence electrons. The van der Waals surface area contributed by atoms with Crippen LogP contribution in [0.3, 0.4) is 0 Å². The third-order valence-corrected chi connectivity index (χ3v) is 5.72. The van der Waals surface area contributed by atoms with Crippen LogP contribution in [0.1, 0.15) is 28.1 Å². The van der Waals surface area contributed by atoms with Crippen LogP contribution in [0.2, 0.25) is 0 Å². The molecule has 0 spiro atoms. The van der Waals surface area contributed by atoms with Gasteiger partial charge in [-0.05, 0) is 24.8 Å². The molecule has 0 N–H and O–H groups in total. The predicted molar refractivity (Wildman–Crippen MR) is 102 cm³/mol. The van der Waals surface area contributed by atoms with Gasteiger partial charge in [0.2, 0.25) is 0 Å². The third-order valence-electron chi connectivity index (χ3n) is 4.69. The van der Waals surface area contributed by atoms with Gasteiger partial charge >= 0.3 is 0 Å². The van der Waals surface area contributed by atoms with Gasteiger partial charge in [0.05, 0.1) is 6.20 Å². The lowest BCUT2D eigenvalue weighted by molar-refractivity contribution is 0.0741. The molecule has 3 nitrogen and oxygen atoms in total. The number of thiazole rings is 1. The fourth-order valence-corrected chi connectivity index (χ4v) is 4.31. The summed E-state index contributed by atoms with van der Waals surface area (Å²) in [6.45, 7) is 0.842. The van der Waals surface area contributed by atoms with Crippen molar-refractivity contribution in [2.75, 3.05) is 6.54 Å². The molecule has 0 aliphatic carbocycles. The van der Waals surface area contributed by atoms with Gasteiger partial charge < -0.3 is 4.90 Å². The lowest BCUT2D eigenvalue weighted by Gasteiger charge is -2.24. The van der Waals surface area contributed by atoms with E-state index in [0.717, 1.165) is 41.3 Å². The van der Waals surface area contributed by atoms with Gasteiger partial charge in [-0.2, -0.15) is 0 Å². The molecule has 2 aromatic carbocycles. The number of carbonyl (C=O) groups is 1. The number of hydrogen-bond acceptors (Lipinski definition) is 3. The second kappa shape index (κ2) is 7.19. The number of carbonyl (C=O) groups excluding carboxylic acids is 1. The molecule has 4 rings (SSSR count). The molecule has 2 heterocycles. The summed E-state index contributed by atoms with van der Waals surface area (Å²) >= 11 is 1.49. The van der Waals surface area contributed by atoms with Gasteiger partial charge in [0.15, 0.2) is 0 Å². The minimum Gasteiger partial charge on any atom is -0.335 e. The maximum atomic E-state index is 13.0. The second-order valence-corrected chi connectivity index (χ2v) is 7.41. The highest BCUT2D eigenvalue weighted by molar-refractivity contribution is 7.16. The van der Waals surface area contributed by atoms with E-state index in [2.05, 4.69) is 29.2 Å². The number of aromatic nitrogens is 1. The minimum absolute atomic E-state index is 0.123. The zero-order chi connectivity index (χ0) is 17.1. The highest BCUT2D eigenvalue weighted by atomic mass is 32.1. The Morgan fingerprint density at radius 2 is 1.80 bits per heavy atom. The summed E-state index contributed by atoms with van der Waals surface area (Å²) in [5.74, 6) is 0.123. The Morgan fingerprint density at radius 1 is 1.08 bits per heavy atom. The van der Waals surface area contributed by atoms with Crippen molar-refractivity contribution in [1.29, 1.82) is 0 Å². The molecule has 1 aliphatic heterocycles. The number of nitrogens with zero attached hydrogens (tertiary/aromatic N) is 2. The van der Waals surface area contributed by atoms with Crippen LogP contribution in [-0.2, 0) is 6.42 Å². The van der Waals surface area contributed by atoms with E-state index in [-0.39, 0.29) is 11.9 Å². The lowest BCUT2D eigenvalue weighted by Crippen LogP contribution is -2.36. The molecule has 1 saturated heterocycles. The maximum Gasteiger partial charge on any atom is 0.265 e. The van der Waals surface area contributed by atoms with Gasteiger partial charge in [0.1, 0.15) is 9.88 Å². The van der Waals surface area contributed by atoms with E-state index in [1.54, 1.807) is 6.20 Å². The number of hydrogen-bond donors (Lipinski definition) is 0. The van der Waals surface area contributed by atoms with Crippen LogP contribution in [0, 0.1) is 0 Å². The Bertz CT molecular complexity index is 845. The molecular weight excluding hydrogens is 328 g/mol. The summed E-state index contributed by atoms with van der Waals surface area (Å²) in [5.41, 5.74) is 2.36. The van der Waals surface area contributed by atoms with Crippen LogP contribution in [0.25, 0.3) is 10.6 Å². The predicted octanol–water partition coefficient (Wildman–Crippen LogP) is 4.66. The average Bonchev–Trinajstić information content (AvgIpc) is 3.32. The van der Waals surface area contributed by atoms with Crippen LogP contribution in [-0.4, -0.2) is 28.4 Å². The van der Waals surface area contributed by atoms with Crippen molar-refractivity contribution in [3.8, 4) is 10.6 Å². The molecule has 1 aliphatic rings. The summed E-state index contributed by atoms with van der Waals surface area (Å²) in [5, 5.41) is 0.905. The number of benzene rings is 2. The Hall–Kier alpha value is -2.46. The molecule has 1 amide bonds. The first kappa shape index (κ1) is 16.0. The third kappa shape index (κ3) is 3.49. The Labute approximate surface area is 152 Å². The van der Waals surface area contributed by atoms with E-state index in [9.17, 15) is 4.79 Å². The fourth-order valence-electron chi connectivity index (χ4n) is 3.43. The summed E-state index contributed by atoms with van der Waals surface area (Å²) in [6, 6.07) is 20.8. The van der Waals surface area contributed by atoms with E-state index in [1.165, 1.54) is 16.9 Å². The summed E-state index contributed by atoms with van der Waals surface area (Å²) in [7, 11) is 0. The van der Waals surface area contributed by atoms with Crippen molar-refractivity contribution in [1.82, 2.24) is 9.88 Å². The van der Waals surface area contributed by atoms with Crippen LogP contribution in [0.5, 0.6) is 0 Å². The molecule has 0 bridgehead atoms. The van der Waals surface area contributed by atoms with E-state index in [0.29, 0.717) is 0 Å². The average molecular weight is 348 g/mol. The topological polar surface area (TPSA) is 33.2 Å². The van der Waals surface area contributed by atoms with E-state index in [4.69, 9.17) is 0 Å². The second-order valence-electron chi connectivity index (χ2n) is 6.38. The van der Waals surface area contributed by atoms with E-state index < -0.39 is 0 Å². The Balaban J connectivity index is 1.51. The van der Waals surface area contributed by atoms with Crippen molar-refractivity contribution in [2.24, 2.45) is 0 Å². The minimum atomic E-state index is 0.123. The molecule has 1 atom stereocenters. The monoisotopic (exact) mass is 348 g/mol. The van der Waals surface area contributed by atoms with Crippen LogP contribution >= 0.6 is 11.3 Å². The van der Waals surface area contributed by atoms with Crippen molar-refractivity contribution in [3.05, 3.63) is 77.3 Å². The number of amides is 1. The summed E-state index contributed by atoms with van der Waals surface area (Å²) in [4.78, 5) is 20.2. The van der Waals surface area contributed by atoms with Gasteiger partial charge in [0.25, 0.3) is 5.91 Å². The summed E-state index contributed by atoms with van der Waals surface area (Å²) in [6.07, 6.45) is 4.81. The van der Waals surface area contributed by atoms with Gasteiger partial charge in [0, 0.05) is 18.2 Å². The standard InChI is InChI=1S/C21H20N2OS/c24-21(19-15-22-20(25-19)17-10-5-2-6-11-17)23-13-7-12-18(23)14-16-8-3-1-4-9-16/h1-6,8-11,15,18H,7,12-14H2. The van der Waals surface area contributed by atoms with Crippen molar-refractivity contribution < 1.29 is 4.79 Å². The highest BCUT2D eigenvalue weighted by Crippen LogP contribution is 2.29. The quantitative estimate of drug-likeness (QED) is 0.687. The molecular formula is C21H20N2OS. The maximum absolute atomic E-state index is 13.0. The zero-order valence-electron chi connectivity index (χ0n) is 14.0. The van der Waals surface area contributed by atoms with Gasteiger partial charge in [-0.3, -0.25) is 4.79 Å². The Kier molecular flexibility index (Phi) is 4.61. The molecule has 1 unspecified atom stereocenters. The Morgan fingerprint density at radius 3 is 2.56 bits per heavy atom. The van der Waals surface area contributed by atoms with Crippen molar-refractivity contribution >= 4 is 17.2 Å². The lowest BCUT2D eigenvalue weighted by atomic mass is 10.0. The van der Waals surface area contributed by atoms with Crippen molar-refractivity contribution in [3.63, 3.8) is 0 Å². The van der Waals surface area contributed by atoms with Gasteiger partial charge in [-0.15, -0.1) is 11.3 Å². The van der Waals surface area contributed by atoms with Gasteiger partial charge in [-0.1, -0.05) is 60.7 Å². The van der Waals surface area contributed by atoms with Crippen LogP contribution in [0.4, 0.5) is 0 Å². The number of likely N-dealkylation sites (tertiary alicyclic amines) is 1. The molecule has 1 aromatic heterocycles. The fraction of sp³-hybridized carbons (Fsp3) is 0.238. The van der Waals surface area contributed by atoms with Crippen molar-refractivity contribution in [2.45, 2.75) is 25.3 Å². The van der Waals surface area contributed by atoms with Crippen LogP contribution in [0.15, 0.2) is 66.9 Å². The first-order valence-corrected chi connectivity index (χ1v) is 9.49. The summed E-state index contributed by atoms with van der Waals surface area (Å²) < 4.78 is 0. The SMILES string of the molecule is O=C(c1cnc(-c2ccccc2)s1)N1CCCC1Cc1ccccc1. The molecule has 25 heavy (non-hydrogen) atoms. The smallest absolute Gasteiger partial charge is 0.265 e. The molecule has 1 fully saturated rings. The zero-order valence-corrected chi connectivity index (χ0v) is 14.8. The van der Waals surface area contributed by atoms with E-state index >= 15 is 0 Å². The first-order valence-electron chi connectivity index (χ1n) is 8.67. The first-order chi connectivity index (χ1) is 12.3. The number of rotatable bonds is 4. The highest BCUT2D eigenvalue weighted by Gasteiger charge is 2.30. The molecule has 4 heteroatoms. The molecule has 3 aromatic rings. The van der Waals surface area contributed by atoms with Gasteiger partial charge in [-0.25, -0.2) is 4.98 Å².